The van der Waals surface area contributed by atoms with Crippen LogP contribution in [0.15, 0.2) is 34.2 Å². The third-order valence-electron chi connectivity index (χ3n) is 4.87. The number of hydrogen-bond donors (Lipinski definition) is 2. The second-order valence-electron chi connectivity index (χ2n) is 6.54. The van der Waals surface area contributed by atoms with E-state index in [-0.39, 0.29) is 10.9 Å². The molecule has 0 amide bonds. The van der Waals surface area contributed by atoms with Crippen LogP contribution < -0.4 is 14.8 Å². The van der Waals surface area contributed by atoms with Gasteiger partial charge in [0.05, 0.1) is 25.3 Å². The quantitative estimate of drug-likeness (QED) is 0.752. The van der Waals surface area contributed by atoms with Gasteiger partial charge in [-0.25, -0.2) is 18.1 Å². The Morgan fingerprint density at radius 3 is 2.73 bits per heavy atom. The average molecular weight is 382 g/mol. The summed E-state index contributed by atoms with van der Waals surface area (Å²) in [5, 5.41) is 3.07. The van der Waals surface area contributed by atoms with Crippen molar-refractivity contribution in [1.82, 2.24) is 19.8 Å². The molecule has 0 aromatic heterocycles. The zero-order chi connectivity index (χ0) is 18.6. The molecule has 2 aliphatic heterocycles. The molecule has 9 heteroatoms. The number of rotatable bonds is 6. The summed E-state index contributed by atoms with van der Waals surface area (Å²) >= 11 is 0. The molecule has 2 aliphatic rings. The van der Waals surface area contributed by atoms with Gasteiger partial charge in [0.1, 0.15) is 5.75 Å². The summed E-state index contributed by atoms with van der Waals surface area (Å²) in [6, 6.07) is 6.82. The monoisotopic (exact) mass is 381 g/mol. The Kier molecular flexibility index (Phi) is 6.00. The van der Waals surface area contributed by atoms with Gasteiger partial charge < -0.3 is 10.1 Å². The number of likely N-dealkylation sites (N-methyl/N-ethyl adjacent to an activating group) is 1. The molecule has 1 unspecified atom stereocenters. The Bertz CT molecular complexity index is 735. The Balaban J connectivity index is 1.56. The highest BCUT2D eigenvalue weighted by Gasteiger charge is 2.26. The molecule has 1 fully saturated rings. The maximum absolute atomic E-state index is 12.4. The number of guanidine groups is 1. The Hall–Kier alpha value is -1.84. The zero-order valence-corrected chi connectivity index (χ0v) is 16.1. The van der Waals surface area contributed by atoms with E-state index in [1.54, 1.807) is 19.2 Å². The van der Waals surface area contributed by atoms with Crippen molar-refractivity contribution in [2.75, 3.05) is 40.1 Å². The lowest BCUT2D eigenvalue weighted by atomic mass is 10.2. The standard InChI is InChI=1S/C17H27N5O3S/c1-3-22-10-4-5-14(22)11-21-12-18-17(19-13-21)20-26(23,24)16-8-6-15(25-2)7-9-16/h6-9,14H,3-5,10-13H2,1-2H3,(H2,18,19,20). The minimum Gasteiger partial charge on any atom is -0.497 e. The minimum atomic E-state index is -3.66. The first-order valence-corrected chi connectivity index (χ1v) is 10.4. The normalized spacial score (nSPS) is 21.9. The van der Waals surface area contributed by atoms with E-state index in [2.05, 4.69) is 31.8 Å². The molecule has 1 aromatic carbocycles. The van der Waals surface area contributed by atoms with Crippen LogP contribution >= 0.6 is 0 Å². The molecule has 26 heavy (non-hydrogen) atoms. The summed E-state index contributed by atoms with van der Waals surface area (Å²) in [5.74, 6) is 0.900. The predicted octanol–water partition coefficient (Wildman–Crippen LogP) is 0.634. The number of aliphatic imine (C=N–C) groups is 1. The van der Waals surface area contributed by atoms with E-state index < -0.39 is 10.0 Å². The molecule has 8 nitrogen and oxygen atoms in total. The maximum Gasteiger partial charge on any atom is 0.264 e. The van der Waals surface area contributed by atoms with Crippen molar-refractivity contribution in [2.45, 2.75) is 30.7 Å². The number of hydrogen-bond acceptors (Lipinski definition) is 7. The molecule has 1 atom stereocenters. The predicted molar refractivity (Wildman–Crippen MR) is 101 cm³/mol. The van der Waals surface area contributed by atoms with Gasteiger partial charge in [0.25, 0.3) is 10.0 Å². The first-order valence-electron chi connectivity index (χ1n) is 8.93. The summed E-state index contributed by atoms with van der Waals surface area (Å²) in [7, 11) is -2.12. The van der Waals surface area contributed by atoms with E-state index in [1.165, 1.54) is 31.5 Å². The number of likely N-dealkylation sites (tertiary alicyclic amines) is 1. The second kappa shape index (κ2) is 8.24. The molecule has 0 radical (unpaired) electrons. The average Bonchev–Trinajstić information content (AvgIpc) is 3.10. The van der Waals surface area contributed by atoms with Crippen molar-refractivity contribution in [2.24, 2.45) is 4.99 Å². The van der Waals surface area contributed by atoms with Crippen LogP contribution in [-0.2, 0) is 10.0 Å². The highest BCUT2D eigenvalue weighted by molar-refractivity contribution is 7.90. The number of benzene rings is 1. The van der Waals surface area contributed by atoms with E-state index in [1.807, 2.05) is 0 Å². The molecule has 0 saturated carbocycles. The van der Waals surface area contributed by atoms with Crippen molar-refractivity contribution < 1.29 is 13.2 Å². The van der Waals surface area contributed by atoms with Crippen molar-refractivity contribution in [3.05, 3.63) is 24.3 Å². The van der Waals surface area contributed by atoms with E-state index >= 15 is 0 Å². The lowest BCUT2D eigenvalue weighted by molar-refractivity contribution is 0.172. The van der Waals surface area contributed by atoms with Gasteiger partial charge in [-0.1, -0.05) is 6.92 Å². The third-order valence-corrected chi connectivity index (χ3v) is 6.23. The second-order valence-corrected chi connectivity index (χ2v) is 8.22. The van der Waals surface area contributed by atoms with Gasteiger partial charge in [-0.15, -0.1) is 0 Å². The number of ether oxygens (including phenoxy) is 1. The van der Waals surface area contributed by atoms with Gasteiger partial charge in [-0.2, -0.15) is 0 Å². The zero-order valence-electron chi connectivity index (χ0n) is 15.3. The summed E-state index contributed by atoms with van der Waals surface area (Å²) in [5.41, 5.74) is 0. The van der Waals surface area contributed by atoms with Gasteiger partial charge in [0, 0.05) is 12.6 Å². The minimum absolute atomic E-state index is 0.176. The van der Waals surface area contributed by atoms with Gasteiger partial charge >= 0.3 is 0 Å². The molecule has 1 aromatic rings. The number of nitrogens with zero attached hydrogens (tertiary/aromatic N) is 3. The van der Waals surface area contributed by atoms with E-state index in [4.69, 9.17) is 4.74 Å². The highest BCUT2D eigenvalue weighted by Crippen LogP contribution is 2.18. The van der Waals surface area contributed by atoms with E-state index in [0.29, 0.717) is 25.1 Å². The lowest BCUT2D eigenvalue weighted by Gasteiger charge is -2.32. The fourth-order valence-electron chi connectivity index (χ4n) is 3.41. The van der Waals surface area contributed by atoms with Crippen LogP contribution in [0.25, 0.3) is 0 Å². The van der Waals surface area contributed by atoms with Crippen molar-refractivity contribution in [1.29, 1.82) is 0 Å². The van der Waals surface area contributed by atoms with E-state index in [9.17, 15) is 8.42 Å². The summed E-state index contributed by atoms with van der Waals surface area (Å²) in [4.78, 5) is 9.21. The van der Waals surface area contributed by atoms with E-state index in [0.717, 1.165) is 13.1 Å². The topological polar surface area (TPSA) is 86.3 Å². The van der Waals surface area contributed by atoms with Crippen LogP contribution in [-0.4, -0.2) is 70.3 Å². The number of nitrogens with one attached hydrogen (secondary N) is 2. The summed E-state index contributed by atoms with van der Waals surface area (Å²) in [6.07, 6.45) is 2.46. The molecule has 144 valence electrons. The first kappa shape index (κ1) is 18.9. The van der Waals surface area contributed by atoms with Crippen molar-refractivity contribution in [3.63, 3.8) is 0 Å². The van der Waals surface area contributed by atoms with Gasteiger partial charge in [-0.05, 0) is 50.2 Å². The van der Waals surface area contributed by atoms with Crippen LogP contribution in [0.1, 0.15) is 19.8 Å². The Morgan fingerprint density at radius 1 is 1.35 bits per heavy atom. The molecule has 0 spiro atoms. The maximum atomic E-state index is 12.4. The SMILES string of the molecule is CCN1CCCC1CN1CN=C(NS(=O)(=O)c2ccc(OC)cc2)NC1. The summed E-state index contributed by atoms with van der Waals surface area (Å²) < 4.78 is 32.5. The Morgan fingerprint density at radius 2 is 2.12 bits per heavy atom. The molecule has 1 saturated heterocycles. The fraction of sp³-hybridized carbons (Fsp3) is 0.588. The molecule has 3 rings (SSSR count). The lowest BCUT2D eigenvalue weighted by Crippen LogP contribution is -2.52. The Labute approximate surface area is 155 Å². The van der Waals surface area contributed by atoms with Crippen LogP contribution in [0.2, 0.25) is 0 Å². The molecule has 0 bridgehead atoms. The molecule has 2 N–H and O–H groups in total. The largest absolute Gasteiger partial charge is 0.497 e. The first-order chi connectivity index (χ1) is 12.5. The van der Waals surface area contributed by atoms with Crippen molar-refractivity contribution in [3.8, 4) is 5.75 Å². The van der Waals surface area contributed by atoms with Crippen LogP contribution in [0.3, 0.4) is 0 Å². The number of sulfonamides is 1. The number of methoxy groups -OCH3 is 1. The van der Waals surface area contributed by atoms with Crippen LogP contribution in [0.4, 0.5) is 0 Å². The molecule has 0 aliphatic carbocycles. The van der Waals surface area contributed by atoms with Crippen molar-refractivity contribution >= 4 is 16.0 Å². The van der Waals surface area contributed by atoms with Crippen LogP contribution in [0.5, 0.6) is 5.75 Å². The van der Waals surface area contributed by atoms with Gasteiger partial charge in [0.15, 0.2) is 0 Å². The fourth-order valence-corrected chi connectivity index (χ4v) is 4.41. The third kappa shape index (κ3) is 4.46. The molecular weight excluding hydrogens is 354 g/mol. The van der Waals surface area contributed by atoms with Gasteiger partial charge in [0.2, 0.25) is 5.96 Å². The molecule has 2 heterocycles. The van der Waals surface area contributed by atoms with Gasteiger partial charge in [-0.3, -0.25) is 9.80 Å². The van der Waals surface area contributed by atoms with Crippen LogP contribution in [0, 0.1) is 0 Å². The highest BCUT2D eigenvalue weighted by atomic mass is 32.2. The smallest absolute Gasteiger partial charge is 0.264 e. The summed E-state index contributed by atoms with van der Waals surface area (Å²) in [6.45, 7) is 6.44. The molecular formula is C17H27N5O3S.